The molecule has 2 saturated carbocycles. The molecule has 0 aliphatic heterocycles. The summed E-state index contributed by atoms with van der Waals surface area (Å²) in [6.07, 6.45) is -0.167. The normalized spacial score (nSPS) is 29.2. The summed E-state index contributed by atoms with van der Waals surface area (Å²) in [5, 5.41) is 30.9. The summed E-state index contributed by atoms with van der Waals surface area (Å²) in [4.78, 5) is 25.8. The monoisotopic (exact) mass is 424 g/mol. The van der Waals surface area contributed by atoms with Gasteiger partial charge in [-0.1, -0.05) is 5.92 Å². The van der Waals surface area contributed by atoms with Crippen molar-refractivity contribution < 1.29 is 15.0 Å². The third-order valence-corrected chi connectivity index (χ3v) is 6.82. The van der Waals surface area contributed by atoms with Crippen molar-refractivity contribution in [3.63, 3.8) is 0 Å². The zero-order chi connectivity index (χ0) is 21.0. The van der Waals surface area contributed by atoms with Crippen molar-refractivity contribution >= 4 is 34.2 Å². The van der Waals surface area contributed by atoms with Crippen molar-refractivity contribution in [2.75, 3.05) is 19.4 Å². The van der Waals surface area contributed by atoms with Crippen LogP contribution in [0.5, 0.6) is 0 Å². The van der Waals surface area contributed by atoms with E-state index in [9.17, 15) is 15.0 Å². The average Bonchev–Trinajstić information content (AvgIpc) is 3.06. The number of nitrogens with zero attached hydrogens (tertiary/aromatic N) is 4. The molecule has 3 heterocycles. The van der Waals surface area contributed by atoms with Gasteiger partial charge in [-0.15, -0.1) is 0 Å². The summed E-state index contributed by atoms with van der Waals surface area (Å²) in [7, 11) is 3.28. The van der Waals surface area contributed by atoms with Gasteiger partial charge in [-0.25, -0.2) is 15.0 Å². The lowest BCUT2D eigenvalue weighted by Crippen LogP contribution is -2.41. The molecule has 30 heavy (non-hydrogen) atoms. The van der Waals surface area contributed by atoms with E-state index >= 15 is 0 Å². The van der Waals surface area contributed by atoms with Gasteiger partial charge in [0.25, 0.3) is 0 Å². The minimum Gasteiger partial charge on any atom is -0.389 e. The third kappa shape index (κ3) is 2.56. The molecule has 5 atom stereocenters. The van der Waals surface area contributed by atoms with Crippen LogP contribution >= 0.6 is 11.3 Å². The fraction of sp³-hybridized carbons (Fsp3) is 0.400. The molecular formula is C20H20N6O3S. The van der Waals surface area contributed by atoms with Gasteiger partial charge in [0.1, 0.15) is 6.10 Å². The van der Waals surface area contributed by atoms with Crippen molar-refractivity contribution in [1.82, 2.24) is 24.8 Å². The molecule has 3 aromatic heterocycles. The van der Waals surface area contributed by atoms with Crippen LogP contribution in [0.3, 0.4) is 0 Å². The summed E-state index contributed by atoms with van der Waals surface area (Å²) >= 11 is 1.56. The number of amides is 1. The van der Waals surface area contributed by atoms with E-state index in [1.165, 1.54) is 7.05 Å². The molecule has 2 fully saturated rings. The second-order valence-corrected chi connectivity index (χ2v) is 8.37. The molecule has 0 saturated heterocycles. The van der Waals surface area contributed by atoms with Gasteiger partial charge in [-0.05, 0) is 23.8 Å². The van der Waals surface area contributed by atoms with Gasteiger partial charge >= 0.3 is 0 Å². The highest BCUT2D eigenvalue weighted by Crippen LogP contribution is 2.67. The first-order valence-electron chi connectivity index (χ1n) is 9.56. The van der Waals surface area contributed by atoms with E-state index in [1.54, 1.807) is 29.3 Å². The van der Waals surface area contributed by atoms with Gasteiger partial charge in [-0.2, -0.15) is 11.3 Å². The summed E-state index contributed by atoms with van der Waals surface area (Å²) in [5.41, 5.74) is 0.958. The van der Waals surface area contributed by atoms with Crippen LogP contribution in [0.1, 0.15) is 23.9 Å². The first-order chi connectivity index (χ1) is 14.5. The Morgan fingerprint density at radius 1 is 1.33 bits per heavy atom. The molecule has 0 spiro atoms. The topological polar surface area (TPSA) is 125 Å². The number of hydrogen-bond donors (Lipinski definition) is 4. The molecule has 0 aromatic carbocycles. The number of carbonyl (C=O) groups excluding carboxylic acids is 1. The van der Waals surface area contributed by atoms with E-state index in [-0.39, 0.29) is 11.8 Å². The minimum absolute atomic E-state index is 0.201. The highest BCUT2D eigenvalue weighted by atomic mass is 32.1. The molecule has 5 rings (SSSR count). The SMILES string of the molecule is CNC(=O)[C@@]12C[C@@H]1[C@@H](n1cnc3c(NC)nc(C#Cc4ccsc4)nc31)[C@H](O)[C@@H]2O. The second kappa shape index (κ2) is 6.77. The van der Waals surface area contributed by atoms with E-state index in [0.29, 0.717) is 29.2 Å². The third-order valence-electron chi connectivity index (χ3n) is 6.14. The predicted octanol–water partition coefficient (Wildman–Crippen LogP) is 0.358. The number of aromatic nitrogens is 4. The standard InChI is InChI=1S/C20H20N6O3S/c1-21-17-13-18(25-12(24-17)4-3-10-5-6-30-8-10)26(9-23-13)14-11-7-20(11,19(29)22-2)16(28)15(14)27/h5-6,8-9,11,14-16,27-28H,7H2,1-2H3,(H,22,29)(H,21,24,25)/t11-,14-,15+,16+,20+/m1/s1. The van der Waals surface area contributed by atoms with Gasteiger partial charge in [0.15, 0.2) is 17.0 Å². The first kappa shape index (κ1) is 19.0. The Morgan fingerprint density at radius 3 is 2.87 bits per heavy atom. The Bertz CT molecular complexity index is 1200. The van der Waals surface area contributed by atoms with E-state index in [4.69, 9.17) is 0 Å². The number of imidazole rings is 1. The Kier molecular flexibility index (Phi) is 4.28. The molecule has 154 valence electrons. The van der Waals surface area contributed by atoms with Crippen molar-refractivity contribution in [3.8, 4) is 11.8 Å². The van der Waals surface area contributed by atoms with E-state index in [1.807, 2.05) is 16.8 Å². The Hall–Kier alpha value is -3.00. The van der Waals surface area contributed by atoms with Crippen LogP contribution in [0.15, 0.2) is 23.2 Å². The number of aliphatic hydroxyl groups excluding tert-OH is 2. The quantitative estimate of drug-likeness (QED) is 0.447. The molecule has 9 nitrogen and oxygen atoms in total. The van der Waals surface area contributed by atoms with Gasteiger partial charge < -0.3 is 25.4 Å². The number of rotatable bonds is 3. The molecule has 0 bridgehead atoms. The van der Waals surface area contributed by atoms with E-state index in [2.05, 4.69) is 37.4 Å². The Labute approximate surface area is 176 Å². The minimum atomic E-state index is -1.15. The zero-order valence-electron chi connectivity index (χ0n) is 16.3. The van der Waals surface area contributed by atoms with Crippen molar-refractivity contribution in [2.24, 2.45) is 11.3 Å². The van der Waals surface area contributed by atoms with Gasteiger partial charge in [0.05, 0.1) is 23.9 Å². The highest BCUT2D eigenvalue weighted by Gasteiger charge is 2.75. The number of hydrogen-bond acceptors (Lipinski definition) is 8. The molecule has 3 aromatic rings. The number of fused-ring (bicyclic) bond motifs is 2. The van der Waals surface area contributed by atoms with Gasteiger partial charge in [-0.3, -0.25) is 4.79 Å². The summed E-state index contributed by atoms with van der Waals surface area (Å²) in [6, 6.07) is 1.40. The van der Waals surface area contributed by atoms with Crippen molar-refractivity contribution in [2.45, 2.75) is 24.7 Å². The first-order valence-corrected chi connectivity index (χ1v) is 10.5. The number of nitrogens with one attached hydrogen (secondary N) is 2. The largest absolute Gasteiger partial charge is 0.389 e. The number of aliphatic hydroxyl groups is 2. The predicted molar refractivity (Wildman–Crippen MR) is 111 cm³/mol. The molecule has 1 amide bonds. The smallest absolute Gasteiger partial charge is 0.229 e. The molecule has 10 heteroatoms. The summed E-state index contributed by atoms with van der Waals surface area (Å²) < 4.78 is 1.74. The Morgan fingerprint density at radius 2 is 2.17 bits per heavy atom. The molecule has 0 radical (unpaired) electrons. The van der Waals surface area contributed by atoms with Crippen LogP contribution in [0.2, 0.25) is 0 Å². The molecule has 2 aliphatic rings. The maximum Gasteiger partial charge on any atom is 0.229 e. The van der Waals surface area contributed by atoms with Gasteiger partial charge in [0.2, 0.25) is 11.7 Å². The molecule has 0 unspecified atom stereocenters. The van der Waals surface area contributed by atoms with E-state index < -0.39 is 23.7 Å². The van der Waals surface area contributed by atoms with Crippen LogP contribution in [0.4, 0.5) is 5.82 Å². The highest BCUT2D eigenvalue weighted by molar-refractivity contribution is 7.08. The van der Waals surface area contributed by atoms with Crippen LogP contribution in [-0.2, 0) is 4.79 Å². The molecular weight excluding hydrogens is 404 g/mol. The molecule has 4 N–H and O–H groups in total. The lowest BCUT2D eigenvalue weighted by Gasteiger charge is -2.23. The second-order valence-electron chi connectivity index (χ2n) is 7.59. The van der Waals surface area contributed by atoms with Crippen molar-refractivity contribution in [1.29, 1.82) is 0 Å². The Balaban J connectivity index is 1.59. The van der Waals surface area contributed by atoms with E-state index in [0.717, 1.165) is 5.56 Å². The van der Waals surface area contributed by atoms with Crippen LogP contribution in [0.25, 0.3) is 11.2 Å². The fourth-order valence-electron chi connectivity index (χ4n) is 4.62. The number of thiophene rings is 1. The fourth-order valence-corrected chi connectivity index (χ4v) is 5.20. The summed E-state index contributed by atoms with van der Waals surface area (Å²) in [5.74, 6) is 6.40. The maximum absolute atomic E-state index is 12.4. The number of anilines is 1. The molecule has 2 aliphatic carbocycles. The van der Waals surface area contributed by atoms with Crippen LogP contribution in [-0.4, -0.2) is 61.9 Å². The maximum atomic E-state index is 12.4. The van der Waals surface area contributed by atoms with Crippen LogP contribution in [0, 0.1) is 23.2 Å². The lowest BCUT2D eigenvalue weighted by molar-refractivity contribution is -0.132. The zero-order valence-corrected chi connectivity index (χ0v) is 17.1. The van der Waals surface area contributed by atoms with Crippen molar-refractivity contribution in [3.05, 3.63) is 34.5 Å². The lowest BCUT2D eigenvalue weighted by atomic mass is 9.98. The van der Waals surface area contributed by atoms with Crippen LogP contribution < -0.4 is 10.6 Å². The average molecular weight is 424 g/mol. The van der Waals surface area contributed by atoms with Gasteiger partial charge in [0, 0.05) is 31.0 Å². The summed E-state index contributed by atoms with van der Waals surface area (Å²) in [6.45, 7) is 0. The number of carbonyl (C=O) groups is 1.